The molecular weight excluding hydrogens is 184 g/mol. The lowest BCUT2D eigenvalue weighted by molar-refractivity contribution is 0.221. The Morgan fingerprint density at radius 3 is 2.14 bits per heavy atom. The summed E-state index contributed by atoms with van der Waals surface area (Å²) in [6.45, 7) is 0. The molecule has 0 aliphatic rings. The van der Waals surface area contributed by atoms with Gasteiger partial charge >= 0.3 is 6.35 Å². The van der Waals surface area contributed by atoms with E-state index in [2.05, 4.69) is 9.98 Å². The van der Waals surface area contributed by atoms with Gasteiger partial charge in [0.1, 0.15) is 5.75 Å². The van der Waals surface area contributed by atoms with E-state index < -0.39 is 6.35 Å². The van der Waals surface area contributed by atoms with E-state index in [0.29, 0.717) is 5.75 Å². The van der Waals surface area contributed by atoms with Crippen molar-refractivity contribution in [2.24, 2.45) is 9.98 Å². The van der Waals surface area contributed by atoms with Crippen LogP contribution in [0.2, 0.25) is 0 Å². The number of isocyanates is 2. The summed E-state index contributed by atoms with van der Waals surface area (Å²) >= 11 is 0. The van der Waals surface area contributed by atoms with Crippen LogP contribution in [0.1, 0.15) is 0 Å². The van der Waals surface area contributed by atoms with E-state index >= 15 is 0 Å². The Labute approximate surface area is 79.8 Å². The van der Waals surface area contributed by atoms with Gasteiger partial charge in [-0.2, -0.15) is 0 Å². The molecule has 5 nitrogen and oxygen atoms in total. The number of ether oxygens (including phenoxy) is 1. The molecular formula is C9H6N2O3. The lowest BCUT2D eigenvalue weighted by atomic mass is 10.3. The van der Waals surface area contributed by atoms with Crippen molar-refractivity contribution in [3.8, 4) is 5.75 Å². The highest BCUT2D eigenvalue weighted by Gasteiger charge is 2.04. The third-order valence-electron chi connectivity index (χ3n) is 1.31. The second-order valence-corrected chi connectivity index (χ2v) is 2.20. The molecule has 14 heavy (non-hydrogen) atoms. The number of benzene rings is 1. The minimum absolute atomic E-state index is 0.454. The largest absolute Gasteiger partial charge is 0.448 e. The van der Waals surface area contributed by atoms with Gasteiger partial charge in [-0.25, -0.2) is 9.59 Å². The van der Waals surface area contributed by atoms with Gasteiger partial charge in [0.15, 0.2) is 0 Å². The van der Waals surface area contributed by atoms with Crippen LogP contribution in [0.25, 0.3) is 0 Å². The maximum absolute atomic E-state index is 9.92. The highest BCUT2D eigenvalue weighted by molar-refractivity contribution is 5.36. The van der Waals surface area contributed by atoms with Crippen molar-refractivity contribution in [3.05, 3.63) is 30.3 Å². The summed E-state index contributed by atoms with van der Waals surface area (Å²) in [6, 6.07) is 8.57. The van der Waals surface area contributed by atoms with Crippen LogP contribution in [-0.4, -0.2) is 18.5 Å². The van der Waals surface area contributed by atoms with Crippen molar-refractivity contribution < 1.29 is 14.3 Å². The molecule has 0 unspecified atom stereocenters. The lowest BCUT2D eigenvalue weighted by Crippen LogP contribution is -2.09. The second kappa shape index (κ2) is 5.43. The fourth-order valence-corrected chi connectivity index (χ4v) is 0.793. The molecule has 0 spiro atoms. The van der Waals surface area contributed by atoms with E-state index in [1.807, 2.05) is 0 Å². The summed E-state index contributed by atoms with van der Waals surface area (Å²) < 4.78 is 5.04. The van der Waals surface area contributed by atoms with Gasteiger partial charge in [0, 0.05) is 0 Å². The minimum Gasteiger partial charge on any atom is -0.448 e. The SMILES string of the molecule is O=C=NC(N=C=O)Oc1ccccc1. The van der Waals surface area contributed by atoms with Gasteiger partial charge in [-0.15, -0.1) is 9.98 Å². The molecule has 0 aliphatic heterocycles. The molecule has 0 atom stereocenters. The van der Waals surface area contributed by atoms with E-state index in [4.69, 9.17) is 4.74 Å². The molecule has 0 aromatic heterocycles. The van der Waals surface area contributed by atoms with Crippen LogP contribution in [-0.2, 0) is 9.59 Å². The number of aliphatic imine (C=N–C) groups is 2. The first kappa shape index (κ1) is 9.86. The Kier molecular flexibility index (Phi) is 3.83. The van der Waals surface area contributed by atoms with Crippen LogP contribution in [0.15, 0.2) is 40.3 Å². The number of para-hydroxylation sites is 1. The Hall–Kier alpha value is -2.22. The summed E-state index contributed by atoms with van der Waals surface area (Å²) in [5.74, 6) is 0.454. The van der Waals surface area contributed by atoms with Crippen LogP contribution < -0.4 is 4.74 Å². The number of carbonyl (C=O) groups excluding carboxylic acids is 2. The van der Waals surface area contributed by atoms with Crippen LogP contribution in [0, 0.1) is 0 Å². The first-order chi connectivity index (χ1) is 6.86. The molecule has 5 heteroatoms. The zero-order valence-electron chi connectivity index (χ0n) is 7.08. The summed E-state index contributed by atoms with van der Waals surface area (Å²) in [6.07, 6.45) is 1.30. The molecule has 1 aromatic rings. The molecule has 0 saturated carbocycles. The van der Waals surface area contributed by atoms with Gasteiger partial charge in [-0.05, 0) is 12.1 Å². The van der Waals surface area contributed by atoms with Gasteiger partial charge < -0.3 is 4.74 Å². The summed E-state index contributed by atoms with van der Waals surface area (Å²) in [4.78, 5) is 26.1. The smallest absolute Gasteiger partial charge is 0.308 e. The molecule has 1 rings (SSSR count). The Morgan fingerprint density at radius 1 is 1.07 bits per heavy atom. The van der Waals surface area contributed by atoms with Crippen molar-refractivity contribution in [1.82, 2.24) is 0 Å². The predicted octanol–water partition coefficient (Wildman–Crippen LogP) is 1.02. The van der Waals surface area contributed by atoms with Crippen molar-refractivity contribution in [1.29, 1.82) is 0 Å². The fraction of sp³-hybridized carbons (Fsp3) is 0.111. The van der Waals surface area contributed by atoms with Crippen LogP contribution in [0.3, 0.4) is 0 Å². The topological polar surface area (TPSA) is 68.1 Å². The standard InChI is InChI=1S/C9H6N2O3/c12-6-10-9(11-7-13)14-8-4-2-1-3-5-8/h1-5,9H. The molecule has 0 bridgehead atoms. The minimum atomic E-state index is -1.20. The van der Waals surface area contributed by atoms with E-state index in [9.17, 15) is 9.59 Å². The highest BCUT2D eigenvalue weighted by Crippen LogP contribution is 2.11. The molecule has 0 aliphatic carbocycles. The monoisotopic (exact) mass is 190 g/mol. The Bertz CT molecular complexity index is 360. The maximum Gasteiger partial charge on any atom is 0.308 e. The zero-order valence-corrected chi connectivity index (χ0v) is 7.08. The van der Waals surface area contributed by atoms with Gasteiger partial charge in [-0.3, -0.25) is 0 Å². The predicted molar refractivity (Wildman–Crippen MR) is 47.1 cm³/mol. The molecule has 0 radical (unpaired) electrons. The Balaban J connectivity index is 2.74. The summed E-state index contributed by atoms with van der Waals surface area (Å²) in [5.41, 5.74) is 0. The maximum atomic E-state index is 9.92. The van der Waals surface area contributed by atoms with Crippen molar-refractivity contribution in [2.75, 3.05) is 0 Å². The number of hydrogen-bond acceptors (Lipinski definition) is 5. The molecule has 0 fully saturated rings. The number of nitrogens with zero attached hydrogens (tertiary/aromatic N) is 2. The van der Waals surface area contributed by atoms with E-state index in [1.54, 1.807) is 30.3 Å². The fourth-order valence-electron chi connectivity index (χ4n) is 0.793. The molecule has 0 amide bonds. The van der Waals surface area contributed by atoms with Crippen molar-refractivity contribution >= 4 is 12.2 Å². The molecule has 0 N–H and O–H groups in total. The van der Waals surface area contributed by atoms with Crippen molar-refractivity contribution in [2.45, 2.75) is 6.35 Å². The first-order valence-corrected chi connectivity index (χ1v) is 3.72. The molecule has 0 saturated heterocycles. The van der Waals surface area contributed by atoms with E-state index in [1.165, 1.54) is 12.2 Å². The van der Waals surface area contributed by atoms with Gasteiger partial charge in [-0.1, -0.05) is 18.2 Å². The number of rotatable bonds is 4. The first-order valence-electron chi connectivity index (χ1n) is 3.72. The van der Waals surface area contributed by atoms with Gasteiger partial charge in [0.2, 0.25) is 12.2 Å². The zero-order chi connectivity index (χ0) is 10.2. The van der Waals surface area contributed by atoms with E-state index in [-0.39, 0.29) is 0 Å². The van der Waals surface area contributed by atoms with Crippen LogP contribution >= 0.6 is 0 Å². The quantitative estimate of drug-likeness (QED) is 0.525. The summed E-state index contributed by atoms with van der Waals surface area (Å²) in [7, 11) is 0. The average molecular weight is 190 g/mol. The summed E-state index contributed by atoms with van der Waals surface area (Å²) in [5, 5.41) is 0. The normalized spacial score (nSPS) is 10.6. The van der Waals surface area contributed by atoms with Crippen LogP contribution in [0.5, 0.6) is 5.75 Å². The average Bonchev–Trinajstić information content (AvgIpc) is 2.20. The lowest BCUT2D eigenvalue weighted by Gasteiger charge is -2.06. The third-order valence-corrected chi connectivity index (χ3v) is 1.31. The molecule has 70 valence electrons. The highest BCUT2D eigenvalue weighted by atomic mass is 16.5. The van der Waals surface area contributed by atoms with Crippen LogP contribution in [0.4, 0.5) is 0 Å². The van der Waals surface area contributed by atoms with Crippen molar-refractivity contribution in [3.63, 3.8) is 0 Å². The Morgan fingerprint density at radius 2 is 1.64 bits per heavy atom. The molecule has 1 aromatic carbocycles. The molecule has 0 heterocycles. The number of hydrogen-bond donors (Lipinski definition) is 0. The van der Waals surface area contributed by atoms with Gasteiger partial charge in [0.05, 0.1) is 0 Å². The van der Waals surface area contributed by atoms with Gasteiger partial charge in [0.25, 0.3) is 0 Å². The second-order valence-electron chi connectivity index (χ2n) is 2.20. The van der Waals surface area contributed by atoms with E-state index in [0.717, 1.165) is 0 Å². The third kappa shape index (κ3) is 3.03.